The Bertz CT molecular complexity index is 314. The van der Waals surface area contributed by atoms with Gasteiger partial charge >= 0.3 is 6.36 Å². The summed E-state index contributed by atoms with van der Waals surface area (Å²) >= 11 is 0. The minimum atomic E-state index is -4.61. The van der Waals surface area contributed by atoms with Crippen molar-refractivity contribution in [3.05, 3.63) is 11.9 Å². The standard InChI is InChI=1S/C8H12F3N3O2/c9-8(10,11)16-5-3-14-6-7(12-13-14)2-1-4-15/h6,15H,1-5H2. The molecule has 0 unspecified atom stereocenters. The molecule has 0 aromatic carbocycles. The summed E-state index contributed by atoms with van der Waals surface area (Å²) in [5, 5.41) is 15.9. The van der Waals surface area contributed by atoms with Crippen LogP contribution >= 0.6 is 0 Å². The Morgan fingerprint density at radius 1 is 1.44 bits per heavy atom. The second kappa shape index (κ2) is 5.80. The highest BCUT2D eigenvalue weighted by Crippen LogP contribution is 2.15. The lowest BCUT2D eigenvalue weighted by atomic mass is 10.3. The van der Waals surface area contributed by atoms with Crippen molar-refractivity contribution in [3.8, 4) is 0 Å². The molecule has 0 atom stereocenters. The van der Waals surface area contributed by atoms with Crippen molar-refractivity contribution in [2.24, 2.45) is 0 Å². The molecule has 0 saturated carbocycles. The minimum absolute atomic E-state index is 0.00830. The van der Waals surface area contributed by atoms with Crippen LogP contribution in [0.3, 0.4) is 0 Å². The molecule has 5 nitrogen and oxygen atoms in total. The molecule has 0 bridgehead atoms. The van der Waals surface area contributed by atoms with Crippen molar-refractivity contribution in [3.63, 3.8) is 0 Å². The van der Waals surface area contributed by atoms with Crippen LogP contribution in [0, 0.1) is 0 Å². The molecule has 0 spiro atoms. The van der Waals surface area contributed by atoms with Gasteiger partial charge in [-0.15, -0.1) is 18.3 Å². The molecule has 1 aromatic heterocycles. The lowest BCUT2D eigenvalue weighted by Crippen LogP contribution is -2.17. The molecule has 0 fully saturated rings. The summed E-state index contributed by atoms with van der Waals surface area (Å²) in [5.41, 5.74) is 0.640. The van der Waals surface area contributed by atoms with Crippen LogP contribution in [-0.4, -0.2) is 39.7 Å². The Morgan fingerprint density at radius 2 is 2.19 bits per heavy atom. The molecule has 1 aromatic rings. The largest absolute Gasteiger partial charge is 0.522 e. The summed E-state index contributed by atoms with van der Waals surface area (Å²) in [5.74, 6) is 0. The first-order valence-corrected chi connectivity index (χ1v) is 4.72. The van der Waals surface area contributed by atoms with Gasteiger partial charge in [-0.25, -0.2) is 4.68 Å². The number of nitrogens with zero attached hydrogens (tertiary/aromatic N) is 3. The van der Waals surface area contributed by atoms with Gasteiger partial charge < -0.3 is 5.11 Å². The first-order chi connectivity index (χ1) is 7.51. The zero-order chi connectivity index (χ0) is 12.0. The van der Waals surface area contributed by atoms with Crippen LogP contribution in [0.5, 0.6) is 0 Å². The monoisotopic (exact) mass is 239 g/mol. The van der Waals surface area contributed by atoms with Gasteiger partial charge in [0.15, 0.2) is 0 Å². The molecule has 8 heteroatoms. The zero-order valence-corrected chi connectivity index (χ0v) is 8.44. The number of ether oxygens (including phenoxy) is 1. The van der Waals surface area contributed by atoms with Gasteiger partial charge in [0, 0.05) is 12.8 Å². The second-order valence-corrected chi connectivity index (χ2v) is 3.09. The van der Waals surface area contributed by atoms with Crippen molar-refractivity contribution in [1.82, 2.24) is 15.0 Å². The molecule has 0 aliphatic rings. The third-order valence-electron chi connectivity index (χ3n) is 1.76. The molecule has 0 aliphatic heterocycles. The van der Waals surface area contributed by atoms with Gasteiger partial charge in [-0.2, -0.15) is 0 Å². The fourth-order valence-corrected chi connectivity index (χ4v) is 1.08. The average Bonchev–Trinajstić information content (AvgIpc) is 2.61. The predicted octanol–water partition coefficient (Wildman–Crippen LogP) is 0.739. The Hall–Kier alpha value is -1.15. The van der Waals surface area contributed by atoms with Gasteiger partial charge in [-0.05, 0) is 12.8 Å². The molecule has 0 radical (unpaired) electrons. The van der Waals surface area contributed by atoms with Gasteiger partial charge in [-0.3, -0.25) is 4.74 Å². The van der Waals surface area contributed by atoms with E-state index in [1.54, 1.807) is 0 Å². The molecule has 0 amide bonds. The van der Waals surface area contributed by atoms with Gasteiger partial charge in [-0.1, -0.05) is 5.21 Å². The predicted molar refractivity (Wildman–Crippen MR) is 47.4 cm³/mol. The quantitative estimate of drug-likeness (QED) is 0.795. The number of hydrogen-bond acceptors (Lipinski definition) is 4. The van der Waals surface area contributed by atoms with Crippen LogP contribution in [0.1, 0.15) is 12.1 Å². The summed E-state index contributed by atoms with van der Waals surface area (Å²) in [4.78, 5) is 0. The maximum absolute atomic E-state index is 11.6. The van der Waals surface area contributed by atoms with E-state index in [2.05, 4.69) is 15.0 Å². The summed E-state index contributed by atoms with van der Waals surface area (Å²) < 4.78 is 39.8. The summed E-state index contributed by atoms with van der Waals surface area (Å²) in [6.45, 7) is -0.456. The number of halogens is 3. The van der Waals surface area contributed by atoms with Crippen molar-refractivity contribution >= 4 is 0 Å². The number of aliphatic hydroxyl groups excluding tert-OH is 1. The lowest BCUT2D eigenvalue weighted by molar-refractivity contribution is -0.325. The Morgan fingerprint density at radius 3 is 2.81 bits per heavy atom. The molecular formula is C8H12F3N3O2. The van der Waals surface area contributed by atoms with Gasteiger partial charge in [0.25, 0.3) is 0 Å². The van der Waals surface area contributed by atoms with E-state index in [-0.39, 0.29) is 13.2 Å². The number of aromatic nitrogens is 3. The average molecular weight is 239 g/mol. The third kappa shape index (κ3) is 5.08. The van der Waals surface area contributed by atoms with Crippen molar-refractivity contribution in [2.75, 3.05) is 13.2 Å². The SMILES string of the molecule is OCCCc1cn(CCOC(F)(F)F)nn1. The van der Waals surface area contributed by atoms with Crippen LogP contribution in [0.4, 0.5) is 13.2 Å². The molecular weight excluding hydrogens is 227 g/mol. The van der Waals surface area contributed by atoms with E-state index in [9.17, 15) is 13.2 Å². The summed E-state index contributed by atoms with van der Waals surface area (Å²) in [7, 11) is 0. The fraction of sp³-hybridized carbons (Fsp3) is 0.750. The number of rotatable bonds is 6. The van der Waals surface area contributed by atoms with Crippen molar-refractivity contribution < 1.29 is 23.0 Å². The first-order valence-electron chi connectivity index (χ1n) is 4.72. The molecule has 92 valence electrons. The van der Waals surface area contributed by atoms with Crippen molar-refractivity contribution in [1.29, 1.82) is 0 Å². The van der Waals surface area contributed by atoms with Gasteiger partial charge in [0.05, 0.1) is 18.8 Å². The molecule has 1 rings (SSSR count). The Balaban J connectivity index is 2.29. The van der Waals surface area contributed by atoms with Crippen LogP contribution in [0.2, 0.25) is 0 Å². The van der Waals surface area contributed by atoms with Crippen LogP contribution < -0.4 is 0 Å². The molecule has 0 saturated heterocycles. The highest BCUT2D eigenvalue weighted by atomic mass is 19.4. The molecule has 1 heterocycles. The number of aliphatic hydroxyl groups is 1. The minimum Gasteiger partial charge on any atom is -0.396 e. The smallest absolute Gasteiger partial charge is 0.396 e. The second-order valence-electron chi connectivity index (χ2n) is 3.09. The molecule has 0 aliphatic carbocycles. The highest BCUT2D eigenvalue weighted by Gasteiger charge is 2.28. The lowest BCUT2D eigenvalue weighted by Gasteiger charge is -2.06. The summed E-state index contributed by atoms with van der Waals surface area (Å²) in [6.07, 6.45) is -1.97. The maximum Gasteiger partial charge on any atom is 0.522 e. The van der Waals surface area contributed by atoms with E-state index in [0.29, 0.717) is 18.5 Å². The van der Waals surface area contributed by atoms with Crippen LogP contribution in [0.15, 0.2) is 6.20 Å². The van der Waals surface area contributed by atoms with E-state index in [0.717, 1.165) is 0 Å². The van der Waals surface area contributed by atoms with E-state index < -0.39 is 13.0 Å². The first kappa shape index (κ1) is 12.9. The highest BCUT2D eigenvalue weighted by molar-refractivity contribution is 4.91. The Labute approximate surface area is 89.8 Å². The molecule has 16 heavy (non-hydrogen) atoms. The number of alkyl halides is 3. The zero-order valence-electron chi connectivity index (χ0n) is 8.44. The summed E-state index contributed by atoms with van der Waals surface area (Å²) in [6, 6.07) is 0. The van der Waals surface area contributed by atoms with E-state index in [1.165, 1.54) is 10.9 Å². The van der Waals surface area contributed by atoms with Gasteiger partial charge in [0.1, 0.15) is 0 Å². The maximum atomic E-state index is 11.6. The topological polar surface area (TPSA) is 60.2 Å². The fourth-order valence-electron chi connectivity index (χ4n) is 1.08. The normalized spacial score (nSPS) is 12.0. The Kier molecular flexibility index (Phi) is 4.69. The van der Waals surface area contributed by atoms with Crippen molar-refractivity contribution in [2.45, 2.75) is 25.7 Å². The van der Waals surface area contributed by atoms with Gasteiger partial charge in [0.2, 0.25) is 0 Å². The van der Waals surface area contributed by atoms with E-state index >= 15 is 0 Å². The third-order valence-corrected chi connectivity index (χ3v) is 1.76. The van der Waals surface area contributed by atoms with Crippen LogP contribution in [-0.2, 0) is 17.7 Å². The van der Waals surface area contributed by atoms with Crippen LogP contribution in [0.25, 0.3) is 0 Å². The van der Waals surface area contributed by atoms with E-state index in [4.69, 9.17) is 5.11 Å². The molecule has 1 N–H and O–H groups in total. The number of hydrogen-bond donors (Lipinski definition) is 1. The van der Waals surface area contributed by atoms with E-state index in [1.807, 2.05) is 0 Å². The number of aryl methyl sites for hydroxylation is 1.